The second-order valence-electron chi connectivity index (χ2n) is 4.21. The molecule has 0 aliphatic carbocycles. The van der Waals surface area contributed by atoms with Crippen molar-refractivity contribution in [2.24, 2.45) is 0 Å². The number of carbonyl (C=O) groups excluding carboxylic acids is 1. The van der Waals surface area contributed by atoms with E-state index in [-0.39, 0.29) is 5.91 Å². The minimum absolute atomic E-state index is 0.0182. The highest BCUT2D eigenvalue weighted by Gasteiger charge is 2.03. The van der Waals surface area contributed by atoms with Gasteiger partial charge in [-0.2, -0.15) is 5.10 Å². The van der Waals surface area contributed by atoms with Gasteiger partial charge in [-0.3, -0.25) is 9.89 Å². The first-order valence-electron chi connectivity index (χ1n) is 6.16. The van der Waals surface area contributed by atoms with Crippen LogP contribution in [0.4, 0.5) is 0 Å². The zero-order valence-corrected chi connectivity index (χ0v) is 10.8. The highest BCUT2D eigenvalue weighted by atomic mass is 16.5. The lowest BCUT2D eigenvalue weighted by atomic mass is 10.1. The first-order chi connectivity index (χ1) is 9.28. The number of amides is 1. The van der Waals surface area contributed by atoms with Gasteiger partial charge in [0, 0.05) is 24.9 Å². The molecule has 0 saturated carbocycles. The SMILES string of the molecule is COc1ccc(CC(=O)NCCc2ccn[nH]2)cc1. The number of hydrogen-bond donors (Lipinski definition) is 2. The summed E-state index contributed by atoms with van der Waals surface area (Å²) in [6.45, 7) is 0.608. The van der Waals surface area contributed by atoms with Crippen LogP contribution in [0.2, 0.25) is 0 Å². The van der Waals surface area contributed by atoms with Crippen molar-refractivity contribution in [3.8, 4) is 5.75 Å². The van der Waals surface area contributed by atoms with Gasteiger partial charge in [0.15, 0.2) is 0 Å². The van der Waals surface area contributed by atoms with Crippen molar-refractivity contribution < 1.29 is 9.53 Å². The monoisotopic (exact) mass is 259 g/mol. The van der Waals surface area contributed by atoms with Gasteiger partial charge in [-0.05, 0) is 23.8 Å². The molecule has 0 aliphatic rings. The van der Waals surface area contributed by atoms with Crippen molar-refractivity contribution in [3.63, 3.8) is 0 Å². The molecule has 19 heavy (non-hydrogen) atoms. The average molecular weight is 259 g/mol. The standard InChI is InChI=1S/C14H17N3O2/c1-19-13-4-2-11(3-5-13)10-14(18)15-8-6-12-7-9-16-17-12/h2-5,7,9H,6,8,10H2,1H3,(H,15,18)(H,16,17). The highest BCUT2D eigenvalue weighted by Crippen LogP contribution is 2.11. The third-order valence-electron chi connectivity index (χ3n) is 2.80. The number of aromatic nitrogens is 2. The second kappa shape index (κ2) is 6.58. The maximum absolute atomic E-state index is 11.7. The molecule has 5 nitrogen and oxygen atoms in total. The molecule has 2 rings (SSSR count). The molecule has 2 N–H and O–H groups in total. The third kappa shape index (κ3) is 4.13. The first-order valence-corrected chi connectivity index (χ1v) is 6.16. The van der Waals surface area contributed by atoms with Crippen LogP contribution in [0.25, 0.3) is 0 Å². The lowest BCUT2D eigenvalue weighted by molar-refractivity contribution is -0.120. The number of hydrogen-bond acceptors (Lipinski definition) is 3. The Morgan fingerprint density at radius 1 is 1.32 bits per heavy atom. The molecule has 5 heteroatoms. The topological polar surface area (TPSA) is 67.0 Å². The van der Waals surface area contributed by atoms with Crippen molar-refractivity contribution >= 4 is 5.91 Å². The summed E-state index contributed by atoms with van der Waals surface area (Å²) in [7, 11) is 1.62. The van der Waals surface area contributed by atoms with E-state index in [0.717, 1.165) is 23.4 Å². The quantitative estimate of drug-likeness (QED) is 0.822. The number of rotatable bonds is 6. The number of carbonyl (C=O) groups is 1. The smallest absolute Gasteiger partial charge is 0.224 e. The molecule has 1 heterocycles. The van der Waals surface area contributed by atoms with Crippen LogP contribution in [0.1, 0.15) is 11.3 Å². The Labute approximate surface area is 112 Å². The van der Waals surface area contributed by atoms with E-state index in [9.17, 15) is 4.79 Å². The first kappa shape index (κ1) is 13.1. The Morgan fingerprint density at radius 3 is 2.74 bits per heavy atom. The molecule has 100 valence electrons. The number of nitrogens with one attached hydrogen (secondary N) is 2. The number of ether oxygens (including phenoxy) is 1. The molecule has 0 bridgehead atoms. The van der Waals surface area contributed by atoms with Gasteiger partial charge in [0.05, 0.1) is 13.5 Å². The van der Waals surface area contributed by atoms with Crippen molar-refractivity contribution in [1.82, 2.24) is 15.5 Å². The van der Waals surface area contributed by atoms with Crippen LogP contribution in [-0.2, 0) is 17.6 Å². The second-order valence-corrected chi connectivity index (χ2v) is 4.21. The van der Waals surface area contributed by atoms with Gasteiger partial charge < -0.3 is 10.1 Å². The zero-order valence-electron chi connectivity index (χ0n) is 10.8. The fourth-order valence-corrected chi connectivity index (χ4v) is 1.75. The highest BCUT2D eigenvalue weighted by molar-refractivity contribution is 5.78. The van der Waals surface area contributed by atoms with Crippen molar-refractivity contribution in [2.75, 3.05) is 13.7 Å². The normalized spacial score (nSPS) is 10.2. The molecule has 0 atom stereocenters. The molecule has 0 saturated heterocycles. The molecule has 0 radical (unpaired) electrons. The van der Waals surface area contributed by atoms with E-state index >= 15 is 0 Å². The van der Waals surface area contributed by atoms with Crippen LogP contribution in [0.3, 0.4) is 0 Å². The largest absolute Gasteiger partial charge is 0.497 e. The summed E-state index contributed by atoms with van der Waals surface area (Å²) in [5.74, 6) is 0.813. The van der Waals surface area contributed by atoms with Crippen LogP contribution in [-0.4, -0.2) is 29.8 Å². The van der Waals surface area contributed by atoms with Gasteiger partial charge in [-0.15, -0.1) is 0 Å². The Kier molecular flexibility index (Phi) is 4.55. The van der Waals surface area contributed by atoms with Crippen molar-refractivity contribution in [3.05, 3.63) is 47.8 Å². The fourth-order valence-electron chi connectivity index (χ4n) is 1.75. The van der Waals surface area contributed by atoms with E-state index in [1.165, 1.54) is 0 Å². The molecule has 2 aromatic rings. The Morgan fingerprint density at radius 2 is 2.11 bits per heavy atom. The van der Waals surface area contributed by atoms with Crippen LogP contribution >= 0.6 is 0 Å². The number of nitrogens with zero attached hydrogens (tertiary/aromatic N) is 1. The predicted octanol–water partition coefficient (Wildman–Crippen LogP) is 1.32. The van der Waals surface area contributed by atoms with Gasteiger partial charge in [-0.25, -0.2) is 0 Å². The summed E-state index contributed by atoms with van der Waals surface area (Å²) in [5.41, 5.74) is 1.99. The molecular weight excluding hydrogens is 242 g/mol. The Hall–Kier alpha value is -2.30. The summed E-state index contributed by atoms with van der Waals surface area (Å²) >= 11 is 0. The summed E-state index contributed by atoms with van der Waals surface area (Å²) in [6, 6.07) is 9.40. The van der Waals surface area contributed by atoms with E-state index in [2.05, 4.69) is 15.5 Å². The molecule has 1 aromatic carbocycles. The number of aromatic amines is 1. The van der Waals surface area contributed by atoms with E-state index in [4.69, 9.17) is 4.74 Å². The summed E-state index contributed by atoms with van der Waals surface area (Å²) in [5, 5.41) is 9.59. The third-order valence-corrected chi connectivity index (χ3v) is 2.80. The lowest BCUT2D eigenvalue weighted by Crippen LogP contribution is -2.27. The molecule has 0 unspecified atom stereocenters. The summed E-state index contributed by atoms with van der Waals surface area (Å²) in [6.07, 6.45) is 2.84. The Balaban J connectivity index is 1.74. The number of methoxy groups -OCH3 is 1. The average Bonchev–Trinajstić information content (AvgIpc) is 2.93. The van der Waals surface area contributed by atoms with E-state index in [1.807, 2.05) is 30.3 Å². The van der Waals surface area contributed by atoms with Crippen LogP contribution < -0.4 is 10.1 Å². The minimum Gasteiger partial charge on any atom is -0.497 e. The molecular formula is C14H17N3O2. The maximum atomic E-state index is 11.7. The van der Waals surface area contributed by atoms with E-state index < -0.39 is 0 Å². The lowest BCUT2D eigenvalue weighted by Gasteiger charge is -2.05. The van der Waals surface area contributed by atoms with Gasteiger partial charge in [0.25, 0.3) is 0 Å². The molecule has 0 aliphatic heterocycles. The fraction of sp³-hybridized carbons (Fsp3) is 0.286. The van der Waals surface area contributed by atoms with Crippen LogP contribution in [0.5, 0.6) is 5.75 Å². The van der Waals surface area contributed by atoms with Gasteiger partial charge >= 0.3 is 0 Å². The van der Waals surface area contributed by atoms with E-state index in [1.54, 1.807) is 13.3 Å². The molecule has 1 amide bonds. The summed E-state index contributed by atoms with van der Waals surface area (Å²) in [4.78, 5) is 11.7. The molecule has 0 fully saturated rings. The van der Waals surface area contributed by atoms with Gasteiger partial charge in [-0.1, -0.05) is 12.1 Å². The predicted molar refractivity (Wildman–Crippen MR) is 72.0 cm³/mol. The van der Waals surface area contributed by atoms with Gasteiger partial charge in [0.2, 0.25) is 5.91 Å². The Bertz CT molecular complexity index is 506. The van der Waals surface area contributed by atoms with Gasteiger partial charge in [0.1, 0.15) is 5.75 Å². The minimum atomic E-state index is 0.0182. The number of benzene rings is 1. The zero-order chi connectivity index (χ0) is 13.5. The maximum Gasteiger partial charge on any atom is 0.224 e. The number of H-pyrrole nitrogens is 1. The molecule has 1 aromatic heterocycles. The van der Waals surface area contributed by atoms with Crippen LogP contribution in [0, 0.1) is 0 Å². The van der Waals surface area contributed by atoms with Crippen LogP contribution in [0.15, 0.2) is 36.5 Å². The van der Waals surface area contributed by atoms with E-state index in [0.29, 0.717) is 13.0 Å². The van der Waals surface area contributed by atoms with Crippen molar-refractivity contribution in [1.29, 1.82) is 0 Å². The summed E-state index contributed by atoms with van der Waals surface area (Å²) < 4.78 is 5.07. The van der Waals surface area contributed by atoms with Crippen molar-refractivity contribution in [2.45, 2.75) is 12.8 Å². The molecule has 0 spiro atoms.